The van der Waals surface area contributed by atoms with E-state index in [1.54, 1.807) is 13.8 Å². The van der Waals surface area contributed by atoms with Crippen LogP contribution in [0, 0.1) is 0 Å². The summed E-state index contributed by atoms with van der Waals surface area (Å²) in [4.78, 5) is 22.4. The fraction of sp³-hybridized carbons (Fsp3) is 0.500. The summed E-state index contributed by atoms with van der Waals surface area (Å²) in [6.45, 7) is 8.27. The first kappa shape index (κ1) is 28.2. The summed E-state index contributed by atoms with van der Waals surface area (Å²) in [7, 11) is 0. The minimum atomic E-state index is -1.09. The van der Waals surface area contributed by atoms with E-state index in [4.69, 9.17) is 32.7 Å². The van der Waals surface area contributed by atoms with E-state index in [0.29, 0.717) is 26.1 Å². The predicted molar refractivity (Wildman–Crippen MR) is 140 cm³/mol. The van der Waals surface area contributed by atoms with Crippen LogP contribution in [0.25, 0.3) is 11.1 Å². The Morgan fingerprint density at radius 3 is 1.29 bits per heavy atom. The zero-order chi connectivity index (χ0) is 25.2. The van der Waals surface area contributed by atoms with Crippen molar-refractivity contribution in [1.82, 2.24) is 0 Å². The maximum absolute atomic E-state index is 12.3. The number of hydrogen-bond acceptors (Lipinski definition) is 4. The Hall–Kier alpha value is -2.04. The zero-order valence-electron chi connectivity index (χ0n) is 20.7. The number of rotatable bonds is 13. The molecule has 2 rings (SSSR count). The first-order valence-corrected chi connectivity index (χ1v) is 12.7. The molecule has 34 heavy (non-hydrogen) atoms. The van der Waals surface area contributed by atoms with Gasteiger partial charge in [0.05, 0.1) is 13.2 Å². The highest BCUT2D eigenvalue weighted by Gasteiger charge is 2.33. The molecule has 0 fully saturated rings. The first-order valence-electron chi connectivity index (χ1n) is 12.0. The molecule has 0 saturated heterocycles. The van der Waals surface area contributed by atoms with Crippen molar-refractivity contribution < 1.29 is 19.1 Å². The van der Waals surface area contributed by atoms with Gasteiger partial charge in [-0.3, -0.25) is 9.59 Å². The van der Waals surface area contributed by atoms with Gasteiger partial charge < -0.3 is 9.47 Å². The van der Waals surface area contributed by atoms with E-state index in [1.165, 1.54) is 0 Å². The van der Waals surface area contributed by atoms with Gasteiger partial charge in [0.1, 0.15) is 9.75 Å². The Bertz CT molecular complexity index is 841. The van der Waals surface area contributed by atoms with Crippen LogP contribution in [0.5, 0.6) is 0 Å². The van der Waals surface area contributed by atoms with Crippen LogP contribution in [-0.4, -0.2) is 34.9 Å². The highest BCUT2D eigenvalue weighted by molar-refractivity contribution is 6.34. The molecule has 0 aromatic heterocycles. The zero-order valence-corrected chi connectivity index (χ0v) is 22.2. The molecule has 6 heteroatoms. The molecule has 0 bridgehead atoms. The van der Waals surface area contributed by atoms with Crippen LogP contribution in [0.1, 0.15) is 64.5 Å². The number of hydrogen-bond donors (Lipinski definition) is 0. The smallest absolute Gasteiger partial charge is 0.327 e. The third kappa shape index (κ3) is 8.63. The molecule has 2 aromatic carbocycles. The summed E-state index contributed by atoms with van der Waals surface area (Å²) in [5.41, 5.74) is 4.02. The molecule has 0 unspecified atom stereocenters. The molecule has 0 radical (unpaired) electrons. The third-order valence-electron chi connectivity index (χ3n) is 5.63. The van der Waals surface area contributed by atoms with Gasteiger partial charge in [0.25, 0.3) is 0 Å². The molecule has 186 valence electrons. The molecule has 2 atom stereocenters. The van der Waals surface area contributed by atoms with E-state index in [9.17, 15) is 9.59 Å². The minimum Gasteiger partial charge on any atom is -0.464 e. The van der Waals surface area contributed by atoms with Gasteiger partial charge >= 0.3 is 11.9 Å². The van der Waals surface area contributed by atoms with Crippen molar-refractivity contribution in [2.75, 3.05) is 13.2 Å². The van der Waals surface area contributed by atoms with Crippen LogP contribution in [0.3, 0.4) is 0 Å². The lowest BCUT2D eigenvalue weighted by molar-refractivity contribution is -0.147. The molecule has 2 aromatic rings. The molecule has 0 aliphatic rings. The molecule has 0 amide bonds. The average molecular weight is 507 g/mol. The molecule has 4 nitrogen and oxygen atoms in total. The lowest BCUT2D eigenvalue weighted by Crippen LogP contribution is -2.33. The number of esters is 2. The predicted octanol–water partition coefficient (Wildman–Crippen LogP) is 7.12. The van der Waals surface area contributed by atoms with E-state index in [1.807, 2.05) is 62.4 Å². The maximum atomic E-state index is 12.3. The minimum absolute atomic E-state index is 0.386. The van der Waals surface area contributed by atoms with Crippen molar-refractivity contribution in [3.63, 3.8) is 0 Å². The highest BCUT2D eigenvalue weighted by Crippen LogP contribution is 2.27. The van der Waals surface area contributed by atoms with Crippen molar-refractivity contribution in [1.29, 1.82) is 0 Å². The first-order chi connectivity index (χ1) is 16.1. The van der Waals surface area contributed by atoms with Gasteiger partial charge in [-0.2, -0.15) is 0 Å². The number of carbonyl (C=O) groups excluding carboxylic acids is 2. The van der Waals surface area contributed by atoms with Crippen molar-refractivity contribution in [2.45, 2.75) is 76.0 Å². The number of halogens is 2. The molecular weight excluding hydrogens is 471 g/mol. The summed E-state index contributed by atoms with van der Waals surface area (Å²) in [6, 6.07) is 16.0. The van der Waals surface area contributed by atoms with Crippen LogP contribution in [0.2, 0.25) is 0 Å². The van der Waals surface area contributed by atoms with E-state index in [-0.39, 0.29) is 11.9 Å². The topological polar surface area (TPSA) is 52.6 Å². The van der Waals surface area contributed by atoms with Crippen LogP contribution in [0.15, 0.2) is 48.5 Å². The molecule has 0 aliphatic heterocycles. The van der Waals surface area contributed by atoms with Crippen molar-refractivity contribution in [3.8, 4) is 11.1 Å². The lowest BCUT2D eigenvalue weighted by atomic mass is 9.95. The number of unbranched alkanes of at least 4 members (excludes halogenated alkanes) is 2. The van der Waals surface area contributed by atoms with Gasteiger partial charge in [0.2, 0.25) is 0 Å². The van der Waals surface area contributed by atoms with Crippen LogP contribution < -0.4 is 0 Å². The van der Waals surface area contributed by atoms with Gasteiger partial charge in [0, 0.05) is 12.8 Å². The van der Waals surface area contributed by atoms with Gasteiger partial charge in [-0.15, -0.1) is 23.2 Å². The van der Waals surface area contributed by atoms with Crippen LogP contribution in [0.4, 0.5) is 0 Å². The van der Waals surface area contributed by atoms with E-state index in [2.05, 4.69) is 0 Å². The largest absolute Gasteiger partial charge is 0.464 e. The second-order valence-electron chi connectivity index (χ2n) is 9.12. The molecule has 0 spiro atoms. The molecule has 0 aliphatic carbocycles. The maximum Gasteiger partial charge on any atom is 0.327 e. The van der Waals surface area contributed by atoms with E-state index in [0.717, 1.165) is 47.9 Å². The summed E-state index contributed by atoms with van der Waals surface area (Å²) in [6.07, 6.45) is 4.37. The molecular formula is C28H36Cl2O4. The Balaban J connectivity index is 1.98. The summed E-state index contributed by atoms with van der Waals surface area (Å²) < 4.78 is 10.6. The Kier molecular flexibility index (Phi) is 10.9. The fourth-order valence-corrected chi connectivity index (χ4v) is 3.88. The van der Waals surface area contributed by atoms with E-state index >= 15 is 0 Å². The van der Waals surface area contributed by atoms with Crippen molar-refractivity contribution >= 4 is 35.1 Å². The molecule has 0 saturated carbocycles. The summed E-state index contributed by atoms with van der Waals surface area (Å²) in [5.74, 6) is -0.773. The van der Waals surface area contributed by atoms with Gasteiger partial charge in [-0.1, -0.05) is 75.2 Å². The Morgan fingerprint density at radius 2 is 1.00 bits per heavy atom. The lowest BCUT2D eigenvalue weighted by Gasteiger charge is -2.21. The van der Waals surface area contributed by atoms with Gasteiger partial charge in [-0.05, 0) is 48.9 Å². The number of alkyl halides is 2. The van der Waals surface area contributed by atoms with Crippen molar-refractivity contribution in [3.05, 3.63) is 59.7 Å². The van der Waals surface area contributed by atoms with Crippen molar-refractivity contribution in [2.24, 2.45) is 0 Å². The highest BCUT2D eigenvalue weighted by atomic mass is 35.5. The standard InChI is InChI=1S/C28H36Cl2O4/c1-5-7-17-33-25(31)27(3,29)19-21-9-13-23(14-10-21)24-15-11-22(12-16-24)20-28(4,30)26(32)34-18-8-6-2/h9-16H,5-8,17-20H2,1-4H3/t27-,28-/m1/s1. The number of benzene rings is 2. The fourth-order valence-electron chi connectivity index (χ4n) is 3.46. The quantitative estimate of drug-likeness (QED) is 0.165. The number of carbonyl (C=O) groups is 2. The Labute approximate surface area is 213 Å². The third-order valence-corrected chi connectivity index (χ3v) is 6.20. The normalized spacial score (nSPS) is 14.6. The average Bonchev–Trinajstić information content (AvgIpc) is 2.80. The van der Waals surface area contributed by atoms with Gasteiger partial charge in [-0.25, -0.2) is 0 Å². The monoisotopic (exact) mass is 506 g/mol. The SMILES string of the molecule is CCCCOC(=O)[C@](C)(Cl)Cc1ccc(-c2ccc(C[C@@](C)(Cl)C(=O)OCCCC)cc2)cc1. The second kappa shape index (κ2) is 13.2. The molecule has 0 N–H and O–H groups in total. The number of ether oxygens (including phenoxy) is 2. The van der Waals surface area contributed by atoms with Gasteiger partial charge in [0.15, 0.2) is 0 Å². The molecule has 0 heterocycles. The summed E-state index contributed by atoms with van der Waals surface area (Å²) in [5, 5.41) is 0. The van der Waals surface area contributed by atoms with Crippen LogP contribution in [-0.2, 0) is 31.9 Å². The van der Waals surface area contributed by atoms with E-state index < -0.39 is 9.75 Å². The Morgan fingerprint density at radius 1 is 0.676 bits per heavy atom. The van der Waals surface area contributed by atoms with Crippen LogP contribution >= 0.6 is 23.2 Å². The summed E-state index contributed by atoms with van der Waals surface area (Å²) >= 11 is 12.9. The second-order valence-corrected chi connectivity index (χ2v) is 10.8.